The van der Waals surface area contributed by atoms with Crippen LogP contribution in [0, 0.1) is 12.7 Å². The van der Waals surface area contributed by atoms with Gasteiger partial charge in [-0.25, -0.2) is 4.39 Å². The molecule has 2 N–H and O–H groups in total. The summed E-state index contributed by atoms with van der Waals surface area (Å²) in [4.78, 5) is 6.43. The number of anilines is 1. The van der Waals surface area contributed by atoms with Gasteiger partial charge in [0.2, 0.25) is 0 Å². The van der Waals surface area contributed by atoms with Crippen LogP contribution >= 0.6 is 24.0 Å². The van der Waals surface area contributed by atoms with Crippen LogP contribution in [0.2, 0.25) is 0 Å². The van der Waals surface area contributed by atoms with Crippen molar-refractivity contribution < 1.29 is 13.9 Å². The Kier molecular flexibility index (Phi) is 10.4. The zero-order valence-corrected chi connectivity index (χ0v) is 19.8. The molecule has 1 aromatic rings. The largest absolute Gasteiger partial charge is 0.377 e. The predicted molar refractivity (Wildman–Crippen MR) is 126 cm³/mol. The van der Waals surface area contributed by atoms with Crippen molar-refractivity contribution in [2.24, 2.45) is 4.99 Å². The molecule has 0 bridgehead atoms. The van der Waals surface area contributed by atoms with E-state index in [4.69, 9.17) is 9.47 Å². The Morgan fingerprint density at radius 3 is 2.97 bits per heavy atom. The second kappa shape index (κ2) is 12.5. The first-order chi connectivity index (χ1) is 13.7. The standard InChI is InChI=1S/C21H33FN4O2.HI/c1-16-7-8-19(22)20(13-16)26-10-3-5-17(14-26)25-21(23-2)24-9-12-27-15-18-6-4-11-28-18;/h7-8,13,17-18H,3-6,9-12,14-15H2,1-2H3,(H2,23,24,25);1H. The highest BCUT2D eigenvalue weighted by Crippen LogP contribution is 2.24. The quantitative estimate of drug-likeness (QED) is 0.251. The fourth-order valence-corrected chi connectivity index (χ4v) is 3.80. The SMILES string of the molecule is CN=C(NCCOCC1CCCO1)NC1CCCN(c2cc(C)ccc2F)C1.I. The number of halogens is 2. The summed E-state index contributed by atoms with van der Waals surface area (Å²) in [6, 6.07) is 5.52. The lowest BCUT2D eigenvalue weighted by molar-refractivity contribution is 0.0191. The van der Waals surface area contributed by atoms with E-state index in [0.29, 0.717) is 25.4 Å². The van der Waals surface area contributed by atoms with Crippen molar-refractivity contribution in [2.75, 3.05) is 51.4 Å². The minimum absolute atomic E-state index is 0. The Bertz CT molecular complexity index is 656. The van der Waals surface area contributed by atoms with Gasteiger partial charge in [0.25, 0.3) is 0 Å². The number of hydrogen-bond acceptors (Lipinski definition) is 4. The highest BCUT2D eigenvalue weighted by atomic mass is 127. The number of piperidine rings is 1. The minimum Gasteiger partial charge on any atom is -0.377 e. The van der Waals surface area contributed by atoms with E-state index in [1.54, 1.807) is 13.1 Å². The number of guanidine groups is 1. The van der Waals surface area contributed by atoms with Crippen molar-refractivity contribution in [3.63, 3.8) is 0 Å². The lowest BCUT2D eigenvalue weighted by Crippen LogP contribution is -2.51. The van der Waals surface area contributed by atoms with Crippen LogP contribution in [-0.4, -0.2) is 64.6 Å². The van der Waals surface area contributed by atoms with Gasteiger partial charge in [-0.2, -0.15) is 0 Å². The number of aryl methyl sites for hydroxylation is 1. The number of nitrogens with zero attached hydrogens (tertiary/aromatic N) is 2. The van der Waals surface area contributed by atoms with E-state index in [9.17, 15) is 4.39 Å². The number of hydrogen-bond donors (Lipinski definition) is 2. The van der Waals surface area contributed by atoms with Gasteiger partial charge >= 0.3 is 0 Å². The summed E-state index contributed by atoms with van der Waals surface area (Å²) in [6.45, 7) is 6.45. The van der Waals surface area contributed by atoms with Gasteiger partial charge in [-0.3, -0.25) is 4.99 Å². The van der Waals surface area contributed by atoms with Gasteiger partial charge in [0.1, 0.15) is 5.82 Å². The van der Waals surface area contributed by atoms with Gasteiger partial charge in [0.15, 0.2) is 5.96 Å². The van der Waals surface area contributed by atoms with Crippen molar-refractivity contribution in [3.05, 3.63) is 29.6 Å². The molecule has 1 aromatic carbocycles. The molecule has 0 saturated carbocycles. The number of ether oxygens (including phenoxy) is 2. The molecule has 0 amide bonds. The maximum absolute atomic E-state index is 14.2. The number of aliphatic imine (C=N–C) groups is 1. The molecule has 8 heteroatoms. The maximum Gasteiger partial charge on any atom is 0.191 e. The molecule has 2 unspecified atom stereocenters. The zero-order valence-electron chi connectivity index (χ0n) is 17.5. The number of nitrogens with one attached hydrogen (secondary N) is 2. The smallest absolute Gasteiger partial charge is 0.191 e. The summed E-state index contributed by atoms with van der Waals surface area (Å²) in [6.07, 6.45) is 4.55. The molecular weight excluding hydrogens is 486 g/mol. The molecule has 0 aromatic heterocycles. The average molecular weight is 520 g/mol. The zero-order chi connectivity index (χ0) is 19.8. The predicted octanol–water partition coefficient (Wildman–Crippen LogP) is 3.08. The number of benzene rings is 1. The van der Waals surface area contributed by atoms with Crippen LogP contribution in [0.25, 0.3) is 0 Å². The molecule has 164 valence electrons. The third kappa shape index (κ3) is 7.57. The fourth-order valence-electron chi connectivity index (χ4n) is 3.80. The second-order valence-electron chi connectivity index (χ2n) is 7.59. The van der Waals surface area contributed by atoms with Crippen LogP contribution in [0.1, 0.15) is 31.2 Å². The molecule has 0 spiro atoms. The van der Waals surface area contributed by atoms with Gasteiger partial charge in [0, 0.05) is 39.3 Å². The number of rotatable bonds is 7. The summed E-state index contributed by atoms with van der Waals surface area (Å²) in [5, 5.41) is 6.76. The normalized spacial score (nSPS) is 22.3. The maximum atomic E-state index is 14.2. The Balaban J connectivity index is 0.00000300. The monoisotopic (exact) mass is 520 g/mol. The van der Waals surface area contributed by atoms with Crippen LogP contribution in [0.15, 0.2) is 23.2 Å². The van der Waals surface area contributed by atoms with Crippen LogP contribution in [0.3, 0.4) is 0 Å². The van der Waals surface area contributed by atoms with Crippen LogP contribution in [0.4, 0.5) is 10.1 Å². The molecule has 2 heterocycles. The molecule has 2 aliphatic heterocycles. The van der Waals surface area contributed by atoms with Crippen molar-refractivity contribution in [1.82, 2.24) is 10.6 Å². The van der Waals surface area contributed by atoms with E-state index >= 15 is 0 Å². The van der Waals surface area contributed by atoms with E-state index in [1.807, 2.05) is 19.1 Å². The molecule has 6 nitrogen and oxygen atoms in total. The molecule has 0 aliphatic carbocycles. The van der Waals surface area contributed by atoms with Crippen molar-refractivity contribution >= 4 is 35.6 Å². The lowest BCUT2D eigenvalue weighted by Gasteiger charge is -2.35. The van der Waals surface area contributed by atoms with Gasteiger partial charge in [-0.15, -0.1) is 24.0 Å². The summed E-state index contributed by atoms with van der Waals surface area (Å²) < 4.78 is 25.5. The molecule has 2 saturated heterocycles. The Hall–Kier alpha value is -1.13. The molecule has 2 atom stereocenters. The topological polar surface area (TPSA) is 58.1 Å². The third-order valence-corrected chi connectivity index (χ3v) is 5.29. The van der Waals surface area contributed by atoms with E-state index in [1.165, 1.54) is 0 Å². The summed E-state index contributed by atoms with van der Waals surface area (Å²) in [5.41, 5.74) is 1.77. The summed E-state index contributed by atoms with van der Waals surface area (Å²) >= 11 is 0. The van der Waals surface area contributed by atoms with E-state index < -0.39 is 0 Å². The molecule has 0 radical (unpaired) electrons. The lowest BCUT2D eigenvalue weighted by atomic mass is 10.0. The first-order valence-corrected chi connectivity index (χ1v) is 10.3. The van der Waals surface area contributed by atoms with Gasteiger partial charge in [0.05, 0.1) is 25.0 Å². The van der Waals surface area contributed by atoms with E-state index in [0.717, 1.165) is 56.9 Å². The molecular formula is C21H34FIN4O2. The van der Waals surface area contributed by atoms with E-state index in [-0.39, 0.29) is 41.9 Å². The third-order valence-electron chi connectivity index (χ3n) is 5.29. The Labute approximate surface area is 190 Å². The fraction of sp³-hybridized carbons (Fsp3) is 0.667. The van der Waals surface area contributed by atoms with Gasteiger partial charge < -0.3 is 25.0 Å². The van der Waals surface area contributed by atoms with Gasteiger partial charge in [-0.1, -0.05) is 6.07 Å². The highest BCUT2D eigenvalue weighted by molar-refractivity contribution is 14.0. The molecule has 2 fully saturated rings. The second-order valence-corrected chi connectivity index (χ2v) is 7.59. The van der Waals surface area contributed by atoms with Crippen LogP contribution in [0.5, 0.6) is 0 Å². The van der Waals surface area contributed by atoms with Crippen molar-refractivity contribution in [3.8, 4) is 0 Å². The molecule has 2 aliphatic rings. The summed E-state index contributed by atoms with van der Waals surface area (Å²) in [7, 11) is 1.77. The van der Waals surface area contributed by atoms with Crippen LogP contribution in [-0.2, 0) is 9.47 Å². The Morgan fingerprint density at radius 2 is 2.21 bits per heavy atom. The van der Waals surface area contributed by atoms with Crippen molar-refractivity contribution in [2.45, 2.75) is 44.8 Å². The minimum atomic E-state index is -0.155. The summed E-state index contributed by atoms with van der Waals surface area (Å²) in [5.74, 6) is 0.606. The highest BCUT2D eigenvalue weighted by Gasteiger charge is 2.23. The van der Waals surface area contributed by atoms with Gasteiger partial charge in [-0.05, 0) is 50.3 Å². The first-order valence-electron chi connectivity index (χ1n) is 10.3. The van der Waals surface area contributed by atoms with Crippen LogP contribution < -0.4 is 15.5 Å². The first kappa shape index (κ1) is 24.1. The van der Waals surface area contributed by atoms with E-state index in [2.05, 4.69) is 20.5 Å². The molecule has 3 rings (SSSR count). The van der Waals surface area contributed by atoms with Crippen molar-refractivity contribution in [1.29, 1.82) is 0 Å². The molecule has 29 heavy (non-hydrogen) atoms. The Morgan fingerprint density at radius 1 is 1.34 bits per heavy atom. The average Bonchev–Trinajstić information content (AvgIpc) is 3.22.